The summed E-state index contributed by atoms with van der Waals surface area (Å²) in [7, 11) is 0. The van der Waals surface area contributed by atoms with Crippen molar-refractivity contribution in [3.05, 3.63) is 42.2 Å². The molecule has 0 saturated carbocycles. The number of piperidine rings is 1. The summed E-state index contributed by atoms with van der Waals surface area (Å²) in [6.45, 7) is 1.39. The number of carbonyl (C=O) groups excluding carboxylic acids is 1. The first kappa shape index (κ1) is 15.5. The van der Waals surface area contributed by atoms with Gasteiger partial charge in [-0.3, -0.25) is 4.79 Å². The Labute approximate surface area is 129 Å². The Bertz CT molecular complexity index is 592. The van der Waals surface area contributed by atoms with Crippen LogP contribution in [0.1, 0.15) is 23.3 Å². The van der Waals surface area contributed by atoms with Crippen LogP contribution in [-0.2, 0) is 0 Å². The molecule has 1 aromatic carbocycles. The van der Waals surface area contributed by atoms with Gasteiger partial charge in [0, 0.05) is 19.1 Å². The van der Waals surface area contributed by atoms with E-state index >= 15 is 0 Å². The highest BCUT2D eigenvalue weighted by Gasteiger charge is 2.23. The van der Waals surface area contributed by atoms with Crippen LogP contribution in [0.15, 0.2) is 36.5 Å². The average molecular weight is 308 g/mol. The summed E-state index contributed by atoms with van der Waals surface area (Å²) in [5.41, 5.74) is 7.11. The minimum Gasteiger partial charge on any atom is -0.337 e. The van der Waals surface area contributed by atoms with Gasteiger partial charge in [-0.05, 0) is 25.0 Å². The number of benzene rings is 1. The molecule has 21 heavy (non-hydrogen) atoms. The molecule has 0 spiro atoms. The molecule has 1 saturated heterocycles. The molecule has 7 heteroatoms. The maximum absolute atomic E-state index is 12.3. The van der Waals surface area contributed by atoms with E-state index in [1.54, 1.807) is 15.8 Å². The van der Waals surface area contributed by atoms with Gasteiger partial charge in [0.2, 0.25) is 0 Å². The number of para-hydroxylation sites is 1. The number of hydrogen-bond acceptors (Lipinski definition) is 4. The second kappa shape index (κ2) is 6.69. The lowest BCUT2D eigenvalue weighted by atomic mass is 10.1. The molecular formula is C14H18ClN5O. The monoisotopic (exact) mass is 307 g/mol. The minimum absolute atomic E-state index is 0. The van der Waals surface area contributed by atoms with Gasteiger partial charge in [-0.15, -0.1) is 17.5 Å². The highest BCUT2D eigenvalue weighted by Crippen LogP contribution is 2.12. The Morgan fingerprint density at radius 2 is 1.86 bits per heavy atom. The normalized spacial score (nSPS) is 15.6. The van der Waals surface area contributed by atoms with E-state index in [9.17, 15) is 4.79 Å². The molecule has 0 bridgehead atoms. The number of hydrogen-bond donors (Lipinski definition) is 1. The quantitative estimate of drug-likeness (QED) is 0.906. The third-order valence-electron chi connectivity index (χ3n) is 3.56. The van der Waals surface area contributed by atoms with Gasteiger partial charge in [-0.25, -0.2) is 4.68 Å². The van der Waals surface area contributed by atoms with Crippen LogP contribution in [0.4, 0.5) is 0 Å². The van der Waals surface area contributed by atoms with Crippen LogP contribution in [-0.4, -0.2) is 44.9 Å². The fraction of sp³-hybridized carbons (Fsp3) is 0.357. The zero-order valence-electron chi connectivity index (χ0n) is 11.6. The number of nitrogens with zero attached hydrogens (tertiary/aromatic N) is 4. The Morgan fingerprint density at radius 1 is 1.19 bits per heavy atom. The molecule has 2 N–H and O–H groups in total. The lowest BCUT2D eigenvalue weighted by molar-refractivity contribution is 0.0708. The van der Waals surface area contributed by atoms with Crippen molar-refractivity contribution in [3.8, 4) is 5.69 Å². The summed E-state index contributed by atoms with van der Waals surface area (Å²) in [5, 5.41) is 7.99. The third-order valence-corrected chi connectivity index (χ3v) is 3.56. The number of rotatable bonds is 2. The van der Waals surface area contributed by atoms with Gasteiger partial charge >= 0.3 is 0 Å². The number of likely N-dealkylation sites (tertiary alicyclic amines) is 1. The van der Waals surface area contributed by atoms with E-state index in [1.807, 2.05) is 30.3 Å². The Balaban J connectivity index is 0.00000161. The van der Waals surface area contributed by atoms with Crippen LogP contribution < -0.4 is 5.73 Å². The number of aromatic nitrogens is 3. The Hall–Kier alpha value is -1.92. The van der Waals surface area contributed by atoms with Crippen molar-refractivity contribution in [2.24, 2.45) is 5.73 Å². The van der Waals surface area contributed by atoms with E-state index in [-0.39, 0.29) is 24.4 Å². The van der Waals surface area contributed by atoms with Gasteiger partial charge in [0.1, 0.15) is 0 Å². The highest BCUT2D eigenvalue weighted by atomic mass is 35.5. The fourth-order valence-electron chi connectivity index (χ4n) is 2.33. The molecule has 1 aromatic heterocycles. The smallest absolute Gasteiger partial charge is 0.276 e. The SMILES string of the molecule is Cl.NC1CCN(C(=O)c2cn(-c3ccccc3)nn2)CC1. The molecule has 112 valence electrons. The summed E-state index contributed by atoms with van der Waals surface area (Å²) in [6.07, 6.45) is 3.36. The van der Waals surface area contributed by atoms with Crippen molar-refractivity contribution in [3.63, 3.8) is 0 Å². The summed E-state index contributed by atoms with van der Waals surface area (Å²) in [6, 6.07) is 9.82. The van der Waals surface area contributed by atoms with Crippen molar-refractivity contribution in [2.45, 2.75) is 18.9 Å². The van der Waals surface area contributed by atoms with E-state index in [0.717, 1.165) is 18.5 Å². The van der Waals surface area contributed by atoms with Crippen LogP contribution in [0.25, 0.3) is 5.69 Å². The first-order valence-electron chi connectivity index (χ1n) is 6.76. The molecule has 2 aromatic rings. The molecule has 1 aliphatic rings. The number of nitrogens with two attached hydrogens (primary N) is 1. The summed E-state index contributed by atoms with van der Waals surface area (Å²) >= 11 is 0. The largest absolute Gasteiger partial charge is 0.337 e. The van der Waals surface area contributed by atoms with E-state index < -0.39 is 0 Å². The van der Waals surface area contributed by atoms with Gasteiger partial charge < -0.3 is 10.6 Å². The first-order chi connectivity index (χ1) is 9.74. The van der Waals surface area contributed by atoms with Crippen molar-refractivity contribution in [2.75, 3.05) is 13.1 Å². The van der Waals surface area contributed by atoms with Crippen LogP contribution >= 0.6 is 12.4 Å². The van der Waals surface area contributed by atoms with Crippen molar-refractivity contribution < 1.29 is 4.79 Å². The molecule has 0 atom stereocenters. The summed E-state index contributed by atoms with van der Waals surface area (Å²) in [4.78, 5) is 14.1. The van der Waals surface area contributed by atoms with Crippen LogP contribution in [0, 0.1) is 0 Å². The van der Waals surface area contributed by atoms with Gasteiger partial charge in [-0.1, -0.05) is 23.4 Å². The number of amides is 1. The molecule has 2 heterocycles. The molecule has 0 unspecified atom stereocenters. The number of carbonyl (C=O) groups is 1. The number of halogens is 1. The van der Waals surface area contributed by atoms with Crippen LogP contribution in [0.5, 0.6) is 0 Å². The zero-order chi connectivity index (χ0) is 13.9. The minimum atomic E-state index is -0.0703. The second-order valence-electron chi connectivity index (χ2n) is 5.01. The fourth-order valence-corrected chi connectivity index (χ4v) is 2.33. The maximum atomic E-state index is 12.3. The van der Waals surface area contributed by atoms with E-state index in [2.05, 4.69) is 10.3 Å². The highest BCUT2D eigenvalue weighted by molar-refractivity contribution is 5.92. The lowest BCUT2D eigenvalue weighted by Gasteiger charge is -2.29. The molecule has 6 nitrogen and oxygen atoms in total. The van der Waals surface area contributed by atoms with Crippen molar-refractivity contribution in [1.82, 2.24) is 19.9 Å². The van der Waals surface area contributed by atoms with E-state index in [4.69, 9.17) is 5.73 Å². The third kappa shape index (κ3) is 3.40. The summed E-state index contributed by atoms with van der Waals surface area (Å²) in [5.74, 6) is -0.0703. The second-order valence-corrected chi connectivity index (χ2v) is 5.01. The molecular weight excluding hydrogens is 290 g/mol. The standard InChI is InChI=1S/C14H17N5O.ClH/c15-11-6-8-18(9-7-11)14(20)13-10-19(17-16-13)12-4-2-1-3-5-12;/h1-5,10-11H,6-9,15H2;1H. The molecule has 1 aliphatic heterocycles. The maximum Gasteiger partial charge on any atom is 0.276 e. The molecule has 1 amide bonds. The topological polar surface area (TPSA) is 77.0 Å². The van der Waals surface area contributed by atoms with Crippen molar-refractivity contribution in [1.29, 1.82) is 0 Å². The zero-order valence-corrected chi connectivity index (χ0v) is 12.4. The van der Waals surface area contributed by atoms with Gasteiger partial charge in [0.05, 0.1) is 11.9 Å². The van der Waals surface area contributed by atoms with Gasteiger partial charge in [0.25, 0.3) is 5.91 Å². The predicted molar refractivity (Wildman–Crippen MR) is 81.7 cm³/mol. The van der Waals surface area contributed by atoms with E-state index in [1.165, 1.54) is 0 Å². The Morgan fingerprint density at radius 3 is 2.52 bits per heavy atom. The predicted octanol–water partition coefficient (Wildman–Crippen LogP) is 1.25. The summed E-state index contributed by atoms with van der Waals surface area (Å²) < 4.78 is 1.61. The Kier molecular flexibility index (Phi) is 4.93. The van der Waals surface area contributed by atoms with Crippen LogP contribution in [0.2, 0.25) is 0 Å². The molecule has 1 fully saturated rings. The molecule has 0 aliphatic carbocycles. The van der Waals surface area contributed by atoms with Gasteiger partial charge in [0.15, 0.2) is 5.69 Å². The van der Waals surface area contributed by atoms with Gasteiger partial charge in [-0.2, -0.15) is 0 Å². The average Bonchev–Trinajstić information content (AvgIpc) is 2.98. The molecule has 0 radical (unpaired) electrons. The van der Waals surface area contributed by atoms with Crippen LogP contribution in [0.3, 0.4) is 0 Å². The lowest BCUT2D eigenvalue weighted by Crippen LogP contribution is -2.43. The molecule has 3 rings (SSSR count). The first-order valence-corrected chi connectivity index (χ1v) is 6.76. The van der Waals surface area contributed by atoms with Crippen molar-refractivity contribution >= 4 is 18.3 Å². The van der Waals surface area contributed by atoms with E-state index in [0.29, 0.717) is 18.8 Å².